The number of anilines is 1. The summed E-state index contributed by atoms with van der Waals surface area (Å²) >= 11 is 0. The first-order chi connectivity index (χ1) is 14.0. The normalized spacial score (nSPS) is 15.0. The molecule has 0 atom stereocenters. The maximum absolute atomic E-state index is 13.0. The van der Waals surface area contributed by atoms with Crippen LogP contribution in [0.1, 0.15) is 18.1 Å². The molecule has 3 rings (SSSR count). The highest BCUT2D eigenvalue weighted by molar-refractivity contribution is 5.91. The zero-order chi connectivity index (χ0) is 22.1. The Labute approximate surface area is 169 Å². The molecule has 156 valence electrons. The van der Waals surface area contributed by atoms with Crippen LogP contribution < -0.4 is 10.1 Å². The highest BCUT2D eigenvalue weighted by Crippen LogP contribution is 2.36. The van der Waals surface area contributed by atoms with E-state index in [1.54, 1.807) is 6.92 Å². The number of amides is 1. The van der Waals surface area contributed by atoms with Gasteiger partial charge in [-0.3, -0.25) is 4.79 Å². The number of ether oxygens (including phenoxy) is 1. The van der Waals surface area contributed by atoms with Crippen LogP contribution in [-0.4, -0.2) is 34.4 Å². The van der Waals surface area contributed by atoms with Gasteiger partial charge in [0.1, 0.15) is 17.5 Å². The van der Waals surface area contributed by atoms with E-state index in [1.807, 2.05) is 6.07 Å². The molecular formula is C20H16F4N4O2. The van der Waals surface area contributed by atoms with E-state index in [0.717, 1.165) is 24.3 Å². The lowest BCUT2D eigenvalue weighted by molar-refractivity contribution is -0.137. The van der Waals surface area contributed by atoms with Crippen molar-refractivity contribution in [1.29, 1.82) is 5.26 Å². The molecule has 1 saturated heterocycles. The summed E-state index contributed by atoms with van der Waals surface area (Å²) in [5.41, 5.74) is -1.12. The molecule has 1 aliphatic rings. The average molecular weight is 420 g/mol. The van der Waals surface area contributed by atoms with E-state index in [0.29, 0.717) is 0 Å². The number of benzene rings is 1. The van der Waals surface area contributed by atoms with Gasteiger partial charge in [0.2, 0.25) is 5.88 Å². The Bertz CT molecular complexity index is 1020. The van der Waals surface area contributed by atoms with Crippen LogP contribution in [0.2, 0.25) is 0 Å². The lowest BCUT2D eigenvalue weighted by Gasteiger charge is -2.48. The van der Waals surface area contributed by atoms with Crippen molar-refractivity contribution in [2.75, 3.05) is 18.4 Å². The Kier molecular flexibility index (Phi) is 5.39. The van der Waals surface area contributed by atoms with Crippen LogP contribution >= 0.6 is 0 Å². The summed E-state index contributed by atoms with van der Waals surface area (Å²) in [7, 11) is 0. The molecule has 2 heterocycles. The Morgan fingerprint density at radius 1 is 1.30 bits per heavy atom. The van der Waals surface area contributed by atoms with Gasteiger partial charge in [0, 0.05) is 19.3 Å². The Morgan fingerprint density at radius 2 is 1.93 bits per heavy atom. The van der Waals surface area contributed by atoms with Gasteiger partial charge in [-0.1, -0.05) is 6.58 Å². The minimum absolute atomic E-state index is 0.0188. The lowest BCUT2D eigenvalue weighted by Crippen LogP contribution is -2.65. The predicted molar refractivity (Wildman–Crippen MR) is 99.3 cm³/mol. The molecule has 0 radical (unpaired) electrons. The van der Waals surface area contributed by atoms with Crippen molar-refractivity contribution in [3.05, 3.63) is 60.1 Å². The standard InChI is InChI=1S/C20H16F4N4O2/c1-12(21)18(29)28-10-19(2,11-28)27-16-13(9-25)7-8-26-17(16)30-15-5-3-14(4-6-15)20(22,23)24/h3-8,27H,1,10-11H2,2H3. The van der Waals surface area contributed by atoms with Crippen molar-refractivity contribution in [3.8, 4) is 17.7 Å². The van der Waals surface area contributed by atoms with Crippen LogP contribution in [0.25, 0.3) is 0 Å². The fraction of sp³-hybridized carbons (Fsp3) is 0.250. The summed E-state index contributed by atoms with van der Waals surface area (Å²) in [6.07, 6.45) is -3.15. The number of likely N-dealkylation sites (tertiary alicyclic amines) is 1. The third kappa shape index (κ3) is 4.35. The summed E-state index contributed by atoms with van der Waals surface area (Å²) in [4.78, 5) is 17.0. The van der Waals surface area contributed by atoms with Gasteiger partial charge in [-0.15, -0.1) is 0 Å². The fourth-order valence-electron chi connectivity index (χ4n) is 3.05. The molecule has 1 fully saturated rings. The number of carbonyl (C=O) groups is 1. The molecule has 1 amide bonds. The molecule has 1 N–H and O–H groups in total. The van der Waals surface area contributed by atoms with Gasteiger partial charge in [-0.05, 0) is 37.3 Å². The zero-order valence-corrected chi connectivity index (χ0v) is 15.8. The van der Waals surface area contributed by atoms with E-state index in [-0.39, 0.29) is 36.0 Å². The second-order valence-corrected chi connectivity index (χ2v) is 7.03. The molecule has 1 aromatic heterocycles. The van der Waals surface area contributed by atoms with Gasteiger partial charge in [-0.2, -0.15) is 18.4 Å². The Hall–Kier alpha value is -3.61. The smallest absolute Gasteiger partial charge is 0.416 e. The molecule has 0 unspecified atom stereocenters. The number of aromatic nitrogens is 1. The minimum Gasteiger partial charge on any atom is -0.437 e. The van der Waals surface area contributed by atoms with Crippen molar-refractivity contribution in [2.24, 2.45) is 0 Å². The Morgan fingerprint density at radius 3 is 2.47 bits per heavy atom. The maximum atomic E-state index is 13.0. The third-order valence-electron chi connectivity index (χ3n) is 4.46. The summed E-state index contributed by atoms with van der Waals surface area (Å²) in [5, 5.41) is 12.5. The van der Waals surface area contributed by atoms with E-state index >= 15 is 0 Å². The first kappa shape index (κ1) is 21.1. The summed E-state index contributed by atoms with van der Waals surface area (Å²) in [6.45, 7) is 5.03. The van der Waals surface area contributed by atoms with Crippen LogP contribution in [0.15, 0.2) is 48.9 Å². The van der Waals surface area contributed by atoms with Crippen LogP contribution in [0.5, 0.6) is 11.6 Å². The van der Waals surface area contributed by atoms with E-state index in [1.165, 1.54) is 17.2 Å². The molecule has 2 aromatic rings. The molecule has 6 nitrogen and oxygen atoms in total. The number of nitrogens with one attached hydrogen (secondary N) is 1. The average Bonchev–Trinajstić information content (AvgIpc) is 2.66. The molecule has 10 heteroatoms. The number of nitrogens with zero attached hydrogens (tertiary/aromatic N) is 3. The topological polar surface area (TPSA) is 78.3 Å². The first-order valence-corrected chi connectivity index (χ1v) is 8.68. The maximum Gasteiger partial charge on any atom is 0.416 e. The monoisotopic (exact) mass is 420 g/mol. The Balaban J connectivity index is 1.82. The van der Waals surface area contributed by atoms with Crippen molar-refractivity contribution < 1.29 is 27.1 Å². The number of alkyl halides is 3. The third-order valence-corrected chi connectivity index (χ3v) is 4.46. The fourth-order valence-corrected chi connectivity index (χ4v) is 3.05. The van der Waals surface area contributed by atoms with Crippen molar-refractivity contribution in [2.45, 2.75) is 18.6 Å². The largest absolute Gasteiger partial charge is 0.437 e. The van der Waals surface area contributed by atoms with Gasteiger partial charge in [0.25, 0.3) is 5.91 Å². The quantitative estimate of drug-likeness (QED) is 0.578. The molecule has 0 bridgehead atoms. The minimum atomic E-state index is -4.47. The molecule has 0 aliphatic carbocycles. The molecular weight excluding hydrogens is 404 g/mol. The number of carbonyl (C=O) groups excluding carboxylic acids is 1. The van der Waals surface area contributed by atoms with Crippen molar-refractivity contribution >= 4 is 11.6 Å². The summed E-state index contributed by atoms with van der Waals surface area (Å²) in [6, 6.07) is 7.46. The van der Waals surface area contributed by atoms with Gasteiger partial charge < -0.3 is 15.0 Å². The number of hydrogen-bond donors (Lipinski definition) is 1. The SMILES string of the molecule is C=C(F)C(=O)N1CC(C)(Nc2c(C#N)ccnc2Oc2ccc(C(F)(F)F)cc2)C1. The first-order valence-electron chi connectivity index (χ1n) is 8.68. The van der Waals surface area contributed by atoms with Crippen LogP contribution in [0.4, 0.5) is 23.2 Å². The lowest BCUT2D eigenvalue weighted by atomic mass is 9.91. The number of rotatable bonds is 5. The van der Waals surface area contributed by atoms with E-state index < -0.39 is 29.0 Å². The molecule has 1 aromatic carbocycles. The predicted octanol–water partition coefficient (Wildman–Crippen LogP) is 4.26. The zero-order valence-electron chi connectivity index (χ0n) is 15.8. The number of nitriles is 1. The molecule has 1 aliphatic heterocycles. The van der Waals surface area contributed by atoms with E-state index in [2.05, 4.69) is 16.9 Å². The van der Waals surface area contributed by atoms with Gasteiger partial charge in [0.15, 0.2) is 5.83 Å². The second-order valence-electron chi connectivity index (χ2n) is 7.03. The van der Waals surface area contributed by atoms with Crippen molar-refractivity contribution in [3.63, 3.8) is 0 Å². The van der Waals surface area contributed by atoms with Crippen LogP contribution in [0, 0.1) is 11.3 Å². The van der Waals surface area contributed by atoms with Gasteiger partial charge >= 0.3 is 6.18 Å². The van der Waals surface area contributed by atoms with Gasteiger partial charge in [0.05, 0.1) is 16.7 Å². The number of pyridine rings is 1. The molecule has 0 spiro atoms. The number of halogens is 4. The van der Waals surface area contributed by atoms with E-state index in [9.17, 15) is 27.6 Å². The number of hydrogen-bond acceptors (Lipinski definition) is 5. The van der Waals surface area contributed by atoms with Crippen molar-refractivity contribution in [1.82, 2.24) is 9.88 Å². The summed E-state index contributed by atoms with van der Waals surface area (Å²) < 4.78 is 56.8. The van der Waals surface area contributed by atoms with Crippen LogP contribution in [0.3, 0.4) is 0 Å². The van der Waals surface area contributed by atoms with Gasteiger partial charge in [-0.25, -0.2) is 9.37 Å². The summed E-state index contributed by atoms with van der Waals surface area (Å²) in [5.74, 6) is -1.81. The highest BCUT2D eigenvalue weighted by Gasteiger charge is 2.43. The van der Waals surface area contributed by atoms with Crippen LogP contribution in [-0.2, 0) is 11.0 Å². The van der Waals surface area contributed by atoms with E-state index in [4.69, 9.17) is 4.74 Å². The second kappa shape index (κ2) is 7.67. The molecule has 30 heavy (non-hydrogen) atoms. The highest BCUT2D eigenvalue weighted by atomic mass is 19.4. The molecule has 0 saturated carbocycles.